The van der Waals surface area contributed by atoms with Crippen LogP contribution in [0.2, 0.25) is 0 Å². The fourth-order valence-electron chi connectivity index (χ4n) is 3.29. The van der Waals surface area contributed by atoms with Crippen molar-refractivity contribution >= 4 is 5.69 Å². The highest BCUT2D eigenvalue weighted by molar-refractivity contribution is 5.53. The Morgan fingerprint density at radius 3 is 2.65 bits per heavy atom. The zero-order valence-corrected chi connectivity index (χ0v) is 13.2. The SMILES string of the molecule is CCCNCc1ccccc1N(C)CC1CCCCC1. The van der Waals surface area contributed by atoms with Crippen molar-refractivity contribution in [2.45, 2.75) is 52.0 Å². The molecule has 0 heterocycles. The monoisotopic (exact) mass is 274 g/mol. The van der Waals surface area contributed by atoms with E-state index in [-0.39, 0.29) is 0 Å². The number of nitrogens with zero attached hydrogens (tertiary/aromatic N) is 1. The summed E-state index contributed by atoms with van der Waals surface area (Å²) in [5.74, 6) is 0.894. The molecular weight excluding hydrogens is 244 g/mol. The van der Waals surface area contributed by atoms with E-state index in [2.05, 4.69) is 48.5 Å². The van der Waals surface area contributed by atoms with Crippen LogP contribution in [0.25, 0.3) is 0 Å². The van der Waals surface area contributed by atoms with Crippen LogP contribution in [0.4, 0.5) is 5.69 Å². The Balaban J connectivity index is 1.95. The zero-order valence-electron chi connectivity index (χ0n) is 13.2. The highest BCUT2D eigenvalue weighted by atomic mass is 15.1. The topological polar surface area (TPSA) is 15.3 Å². The summed E-state index contributed by atoms with van der Waals surface area (Å²) in [6.45, 7) is 5.51. The summed E-state index contributed by atoms with van der Waals surface area (Å²) in [6.07, 6.45) is 8.33. The summed E-state index contributed by atoms with van der Waals surface area (Å²) >= 11 is 0. The molecule has 0 radical (unpaired) electrons. The number of anilines is 1. The third kappa shape index (κ3) is 4.52. The Bertz CT molecular complexity index is 383. The Labute approximate surface area is 124 Å². The fourth-order valence-corrected chi connectivity index (χ4v) is 3.29. The second-order valence-corrected chi connectivity index (χ2v) is 6.19. The van der Waals surface area contributed by atoms with E-state index < -0.39 is 0 Å². The van der Waals surface area contributed by atoms with Crippen molar-refractivity contribution in [2.24, 2.45) is 5.92 Å². The van der Waals surface area contributed by atoms with E-state index in [1.165, 1.54) is 56.3 Å². The second-order valence-electron chi connectivity index (χ2n) is 6.19. The van der Waals surface area contributed by atoms with Gasteiger partial charge in [-0.3, -0.25) is 0 Å². The lowest BCUT2D eigenvalue weighted by atomic mass is 9.89. The summed E-state index contributed by atoms with van der Waals surface area (Å²) in [5, 5.41) is 3.52. The Morgan fingerprint density at radius 2 is 1.90 bits per heavy atom. The first-order valence-corrected chi connectivity index (χ1v) is 8.31. The second kappa shape index (κ2) is 8.31. The minimum Gasteiger partial charge on any atom is -0.374 e. The maximum Gasteiger partial charge on any atom is 0.0409 e. The molecule has 1 fully saturated rings. The molecular formula is C18H30N2. The number of hydrogen-bond donors (Lipinski definition) is 1. The molecule has 1 aliphatic carbocycles. The van der Waals surface area contributed by atoms with Gasteiger partial charge in [-0.1, -0.05) is 44.4 Å². The lowest BCUT2D eigenvalue weighted by molar-refractivity contribution is 0.362. The Kier molecular flexibility index (Phi) is 6.38. The number of hydrogen-bond acceptors (Lipinski definition) is 2. The van der Waals surface area contributed by atoms with Crippen LogP contribution >= 0.6 is 0 Å². The van der Waals surface area contributed by atoms with Crippen LogP contribution < -0.4 is 10.2 Å². The lowest BCUT2D eigenvalue weighted by Crippen LogP contribution is -2.28. The molecule has 0 atom stereocenters. The highest BCUT2D eigenvalue weighted by Gasteiger charge is 2.16. The van der Waals surface area contributed by atoms with Crippen LogP contribution in [0, 0.1) is 5.92 Å². The van der Waals surface area contributed by atoms with Gasteiger partial charge in [-0.05, 0) is 43.4 Å². The van der Waals surface area contributed by atoms with Crippen molar-refractivity contribution in [3.05, 3.63) is 29.8 Å². The van der Waals surface area contributed by atoms with Gasteiger partial charge in [0.05, 0.1) is 0 Å². The lowest BCUT2D eigenvalue weighted by Gasteiger charge is -2.29. The average molecular weight is 274 g/mol. The molecule has 2 nitrogen and oxygen atoms in total. The molecule has 20 heavy (non-hydrogen) atoms. The minimum atomic E-state index is 0.894. The van der Waals surface area contributed by atoms with Gasteiger partial charge in [0.1, 0.15) is 0 Å². The molecule has 0 aliphatic heterocycles. The Morgan fingerprint density at radius 1 is 1.15 bits per heavy atom. The molecule has 1 aromatic rings. The van der Waals surface area contributed by atoms with Crippen LogP contribution in [-0.4, -0.2) is 20.1 Å². The van der Waals surface area contributed by atoms with E-state index in [0.717, 1.165) is 19.0 Å². The number of rotatable bonds is 7. The summed E-state index contributed by atoms with van der Waals surface area (Å²) in [6, 6.07) is 8.85. The van der Waals surface area contributed by atoms with Gasteiger partial charge >= 0.3 is 0 Å². The normalized spacial score (nSPS) is 16.3. The molecule has 0 spiro atoms. The van der Waals surface area contributed by atoms with Crippen LogP contribution in [0.1, 0.15) is 51.0 Å². The van der Waals surface area contributed by atoms with E-state index in [1.807, 2.05) is 0 Å². The van der Waals surface area contributed by atoms with Gasteiger partial charge in [0.2, 0.25) is 0 Å². The third-order valence-corrected chi connectivity index (χ3v) is 4.40. The molecule has 0 amide bonds. The molecule has 112 valence electrons. The van der Waals surface area contributed by atoms with Gasteiger partial charge < -0.3 is 10.2 Å². The van der Waals surface area contributed by atoms with Gasteiger partial charge in [0, 0.05) is 25.8 Å². The first-order chi connectivity index (χ1) is 9.81. The molecule has 0 unspecified atom stereocenters. The van der Waals surface area contributed by atoms with E-state index >= 15 is 0 Å². The number of nitrogens with one attached hydrogen (secondary N) is 1. The van der Waals surface area contributed by atoms with Gasteiger partial charge in [0.15, 0.2) is 0 Å². The molecule has 2 rings (SSSR count). The fraction of sp³-hybridized carbons (Fsp3) is 0.667. The van der Waals surface area contributed by atoms with E-state index in [1.54, 1.807) is 0 Å². The van der Waals surface area contributed by atoms with Gasteiger partial charge in [-0.2, -0.15) is 0 Å². The largest absolute Gasteiger partial charge is 0.374 e. The molecule has 1 saturated carbocycles. The van der Waals surface area contributed by atoms with Crippen LogP contribution in [0.15, 0.2) is 24.3 Å². The molecule has 1 N–H and O–H groups in total. The molecule has 0 aromatic heterocycles. The molecule has 0 saturated heterocycles. The van der Waals surface area contributed by atoms with Gasteiger partial charge in [0.25, 0.3) is 0 Å². The van der Waals surface area contributed by atoms with Crippen molar-refractivity contribution in [3.63, 3.8) is 0 Å². The van der Waals surface area contributed by atoms with E-state index in [9.17, 15) is 0 Å². The van der Waals surface area contributed by atoms with Crippen molar-refractivity contribution in [2.75, 3.05) is 25.0 Å². The third-order valence-electron chi connectivity index (χ3n) is 4.40. The predicted molar refractivity (Wildman–Crippen MR) is 88.3 cm³/mol. The summed E-state index contributed by atoms with van der Waals surface area (Å²) in [5.41, 5.74) is 2.83. The van der Waals surface area contributed by atoms with Crippen molar-refractivity contribution in [1.29, 1.82) is 0 Å². The quantitative estimate of drug-likeness (QED) is 0.750. The van der Waals surface area contributed by atoms with Gasteiger partial charge in [-0.25, -0.2) is 0 Å². The number of benzene rings is 1. The Hall–Kier alpha value is -1.02. The standard InChI is InChI=1S/C18H30N2/c1-3-13-19-14-17-11-7-8-12-18(17)20(2)15-16-9-5-4-6-10-16/h7-8,11-12,16,19H,3-6,9-10,13-15H2,1-2H3. The van der Waals surface area contributed by atoms with Crippen molar-refractivity contribution in [1.82, 2.24) is 5.32 Å². The minimum absolute atomic E-state index is 0.894. The summed E-state index contributed by atoms with van der Waals surface area (Å²) < 4.78 is 0. The maximum atomic E-state index is 3.52. The molecule has 0 bridgehead atoms. The van der Waals surface area contributed by atoms with Crippen LogP contribution in [-0.2, 0) is 6.54 Å². The van der Waals surface area contributed by atoms with Crippen LogP contribution in [0.3, 0.4) is 0 Å². The van der Waals surface area contributed by atoms with Crippen LogP contribution in [0.5, 0.6) is 0 Å². The van der Waals surface area contributed by atoms with Crippen molar-refractivity contribution in [3.8, 4) is 0 Å². The summed E-state index contributed by atoms with van der Waals surface area (Å²) in [7, 11) is 2.26. The maximum absolute atomic E-state index is 3.52. The first kappa shape index (κ1) is 15.4. The van der Waals surface area contributed by atoms with E-state index in [0.29, 0.717) is 0 Å². The van der Waals surface area contributed by atoms with Gasteiger partial charge in [-0.15, -0.1) is 0 Å². The smallest absolute Gasteiger partial charge is 0.0409 e. The number of para-hydroxylation sites is 1. The first-order valence-electron chi connectivity index (χ1n) is 8.31. The summed E-state index contributed by atoms with van der Waals surface area (Å²) in [4.78, 5) is 2.47. The zero-order chi connectivity index (χ0) is 14.2. The molecule has 1 aromatic carbocycles. The highest BCUT2D eigenvalue weighted by Crippen LogP contribution is 2.27. The molecule has 2 heteroatoms. The average Bonchev–Trinajstić information content (AvgIpc) is 2.49. The van der Waals surface area contributed by atoms with Crippen molar-refractivity contribution < 1.29 is 0 Å². The predicted octanol–water partition coefficient (Wildman–Crippen LogP) is 4.20. The molecule has 1 aliphatic rings. The van der Waals surface area contributed by atoms with E-state index in [4.69, 9.17) is 0 Å².